The highest BCUT2D eigenvalue weighted by Gasteiger charge is 2.31. The van der Waals surface area contributed by atoms with Crippen LogP contribution in [0.15, 0.2) is 18.2 Å². The predicted molar refractivity (Wildman–Crippen MR) is 116 cm³/mol. The van der Waals surface area contributed by atoms with Crippen LogP contribution in [0.25, 0.3) is 0 Å². The van der Waals surface area contributed by atoms with Crippen LogP contribution in [-0.4, -0.2) is 65.4 Å². The van der Waals surface area contributed by atoms with E-state index in [0.717, 1.165) is 43.6 Å². The van der Waals surface area contributed by atoms with Crippen molar-refractivity contribution in [1.82, 2.24) is 19.6 Å². The number of piperidine rings is 1. The molecule has 4 rings (SSSR count). The standard InChI is InChI=1S/C22H29N5O4/c1-25-17-9-12-27(22(29)23-15-7-8-18(30-2)19(13-15)31-3)14-16(17)20(24-25)21(28)26-10-5-4-6-11-26/h7-8,13H,4-6,9-12,14H2,1-3H3,(H,23,29). The van der Waals surface area contributed by atoms with Crippen LogP contribution in [-0.2, 0) is 20.0 Å². The Bertz CT molecular complexity index is 981. The normalized spacial score (nSPS) is 16.0. The summed E-state index contributed by atoms with van der Waals surface area (Å²) in [7, 11) is 4.99. The fraction of sp³-hybridized carbons (Fsp3) is 0.500. The Hall–Kier alpha value is -3.23. The van der Waals surface area contributed by atoms with Crippen LogP contribution in [0, 0.1) is 0 Å². The Morgan fingerprint density at radius 3 is 2.45 bits per heavy atom. The van der Waals surface area contributed by atoms with Gasteiger partial charge >= 0.3 is 6.03 Å². The van der Waals surface area contributed by atoms with Gasteiger partial charge in [0.25, 0.3) is 5.91 Å². The summed E-state index contributed by atoms with van der Waals surface area (Å²) in [5, 5.41) is 7.44. The van der Waals surface area contributed by atoms with E-state index >= 15 is 0 Å². The third kappa shape index (κ3) is 4.17. The van der Waals surface area contributed by atoms with Crippen LogP contribution in [0.5, 0.6) is 11.5 Å². The lowest BCUT2D eigenvalue weighted by atomic mass is 10.0. The number of rotatable bonds is 4. The number of anilines is 1. The smallest absolute Gasteiger partial charge is 0.322 e. The Labute approximate surface area is 181 Å². The SMILES string of the molecule is COc1ccc(NC(=O)N2CCc3c(c(C(=O)N4CCCCC4)nn3C)C2)cc1OC. The van der Waals surface area contributed by atoms with E-state index in [4.69, 9.17) is 9.47 Å². The molecule has 3 heterocycles. The molecule has 1 saturated heterocycles. The van der Waals surface area contributed by atoms with Gasteiger partial charge in [0, 0.05) is 56.1 Å². The zero-order valence-electron chi connectivity index (χ0n) is 18.3. The Balaban J connectivity index is 1.50. The first-order chi connectivity index (χ1) is 15.0. The molecule has 9 nitrogen and oxygen atoms in total. The molecule has 0 radical (unpaired) electrons. The molecule has 0 atom stereocenters. The second-order valence-electron chi connectivity index (χ2n) is 7.92. The van der Waals surface area contributed by atoms with Gasteiger partial charge in [-0.3, -0.25) is 9.48 Å². The minimum absolute atomic E-state index is 0.0290. The molecular formula is C22H29N5O4. The molecule has 1 fully saturated rings. The van der Waals surface area contributed by atoms with E-state index in [0.29, 0.717) is 42.4 Å². The molecule has 9 heteroatoms. The Kier molecular flexibility index (Phi) is 6.01. The summed E-state index contributed by atoms with van der Waals surface area (Å²) in [5.74, 6) is 1.11. The van der Waals surface area contributed by atoms with Gasteiger partial charge in [-0.25, -0.2) is 4.79 Å². The van der Waals surface area contributed by atoms with Crippen molar-refractivity contribution in [3.8, 4) is 11.5 Å². The molecule has 0 spiro atoms. The monoisotopic (exact) mass is 427 g/mol. The first-order valence-electron chi connectivity index (χ1n) is 10.6. The lowest BCUT2D eigenvalue weighted by Crippen LogP contribution is -2.40. The number of methoxy groups -OCH3 is 2. The quantitative estimate of drug-likeness (QED) is 0.810. The van der Waals surface area contributed by atoms with E-state index in [2.05, 4.69) is 10.4 Å². The third-order valence-corrected chi connectivity index (χ3v) is 6.01. The topological polar surface area (TPSA) is 88.9 Å². The van der Waals surface area contributed by atoms with Gasteiger partial charge < -0.3 is 24.6 Å². The number of likely N-dealkylation sites (tertiary alicyclic amines) is 1. The number of carbonyl (C=O) groups is 2. The van der Waals surface area contributed by atoms with Crippen molar-refractivity contribution in [1.29, 1.82) is 0 Å². The number of hydrogen-bond donors (Lipinski definition) is 1. The van der Waals surface area contributed by atoms with E-state index in [-0.39, 0.29) is 11.9 Å². The zero-order valence-corrected chi connectivity index (χ0v) is 18.3. The first-order valence-corrected chi connectivity index (χ1v) is 10.6. The van der Waals surface area contributed by atoms with E-state index in [1.165, 1.54) is 0 Å². The maximum atomic E-state index is 13.1. The molecule has 0 saturated carbocycles. The molecule has 1 N–H and O–H groups in total. The van der Waals surface area contributed by atoms with E-state index in [1.54, 1.807) is 42.0 Å². The van der Waals surface area contributed by atoms with Crippen molar-refractivity contribution in [2.24, 2.45) is 7.05 Å². The minimum Gasteiger partial charge on any atom is -0.493 e. The summed E-state index contributed by atoms with van der Waals surface area (Å²) in [4.78, 5) is 29.6. The molecule has 166 valence electrons. The fourth-order valence-corrected chi connectivity index (χ4v) is 4.30. The Morgan fingerprint density at radius 1 is 1.00 bits per heavy atom. The Morgan fingerprint density at radius 2 is 1.74 bits per heavy atom. The van der Waals surface area contributed by atoms with Gasteiger partial charge in [-0.1, -0.05) is 0 Å². The van der Waals surface area contributed by atoms with Gasteiger partial charge in [0.1, 0.15) is 0 Å². The number of fused-ring (bicyclic) bond motifs is 1. The lowest BCUT2D eigenvalue weighted by Gasteiger charge is -2.29. The highest BCUT2D eigenvalue weighted by molar-refractivity contribution is 5.95. The summed E-state index contributed by atoms with van der Waals surface area (Å²) >= 11 is 0. The van der Waals surface area contributed by atoms with E-state index in [1.807, 2.05) is 11.9 Å². The van der Waals surface area contributed by atoms with Gasteiger partial charge in [0.15, 0.2) is 17.2 Å². The average Bonchev–Trinajstić information content (AvgIpc) is 3.14. The van der Waals surface area contributed by atoms with Gasteiger partial charge in [0.2, 0.25) is 0 Å². The molecule has 0 unspecified atom stereocenters. The van der Waals surface area contributed by atoms with E-state index in [9.17, 15) is 9.59 Å². The number of hydrogen-bond acceptors (Lipinski definition) is 5. The van der Waals surface area contributed by atoms with Crippen LogP contribution in [0.1, 0.15) is 41.0 Å². The number of ether oxygens (including phenoxy) is 2. The first kappa shape index (κ1) is 21.0. The highest BCUT2D eigenvalue weighted by atomic mass is 16.5. The maximum absolute atomic E-state index is 13.1. The van der Waals surface area contributed by atoms with Crippen molar-refractivity contribution in [3.63, 3.8) is 0 Å². The van der Waals surface area contributed by atoms with Crippen LogP contribution in [0.3, 0.4) is 0 Å². The van der Waals surface area contributed by atoms with Gasteiger partial charge in [-0.05, 0) is 31.4 Å². The number of nitrogens with one attached hydrogen (secondary N) is 1. The number of aryl methyl sites for hydroxylation is 1. The van der Waals surface area contributed by atoms with Crippen molar-refractivity contribution < 1.29 is 19.1 Å². The largest absolute Gasteiger partial charge is 0.493 e. The summed E-state index contributed by atoms with van der Waals surface area (Å²) in [6.07, 6.45) is 3.88. The third-order valence-electron chi connectivity index (χ3n) is 6.01. The van der Waals surface area contributed by atoms with Crippen molar-refractivity contribution in [2.45, 2.75) is 32.2 Å². The summed E-state index contributed by atoms with van der Waals surface area (Å²) in [6.45, 7) is 2.46. The lowest BCUT2D eigenvalue weighted by molar-refractivity contribution is 0.0715. The number of benzene rings is 1. The zero-order chi connectivity index (χ0) is 22.0. The van der Waals surface area contributed by atoms with Gasteiger partial charge in [-0.2, -0.15) is 5.10 Å². The number of carbonyl (C=O) groups excluding carboxylic acids is 2. The minimum atomic E-state index is -0.224. The molecule has 1 aromatic carbocycles. The van der Waals surface area contributed by atoms with Crippen molar-refractivity contribution >= 4 is 17.6 Å². The van der Waals surface area contributed by atoms with Gasteiger partial charge in [-0.15, -0.1) is 0 Å². The van der Waals surface area contributed by atoms with Gasteiger partial charge in [0.05, 0.1) is 20.8 Å². The fourth-order valence-electron chi connectivity index (χ4n) is 4.30. The molecule has 31 heavy (non-hydrogen) atoms. The van der Waals surface area contributed by atoms with Crippen LogP contribution in [0.2, 0.25) is 0 Å². The molecule has 2 aliphatic heterocycles. The number of aromatic nitrogens is 2. The summed E-state index contributed by atoms with van der Waals surface area (Å²) in [5.41, 5.74) is 2.97. The van der Waals surface area contributed by atoms with Crippen LogP contribution >= 0.6 is 0 Å². The predicted octanol–water partition coefficient (Wildman–Crippen LogP) is 2.65. The number of nitrogens with zero attached hydrogens (tertiary/aromatic N) is 4. The second kappa shape index (κ2) is 8.87. The van der Waals surface area contributed by atoms with Crippen molar-refractivity contribution in [2.75, 3.05) is 39.2 Å². The van der Waals surface area contributed by atoms with Crippen LogP contribution in [0.4, 0.5) is 10.5 Å². The van der Waals surface area contributed by atoms with Crippen molar-refractivity contribution in [3.05, 3.63) is 35.2 Å². The van der Waals surface area contributed by atoms with Crippen LogP contribution < -0.4 is 14.8 Å². The second-order valence-corrected chi connectivity index (χ2v) is 7.92. The molecule has 3 amide bonds. The van der Waals surface area contributed by atoms with E-state index < -0.39 is 0 Å². The summed E-state index contributed by atoms with van der Waals surface area (Å²) in [6, 6.07) is 5.02. The molecule has 0 aliphatic carbocycles. The molecular weight excluding hydrogens is 398 g/mol. The molecule has 2 aromatic rings. The average molecular weight is 428 g/mol. The molecule has 1 aromatic heterocycles. The summed E-state index contributed by atoms with van der Waals surface area (Å²) < 4.78 is 12.3. The molecule has 2 aliphatic rings. The highest BCUT2D eigenvalue weighted by Crippen LogP contribution is 2.30. The molecule has 0 bridgehead atoms. The maximum Gasteiger partial charge on any atom is 0.322 e. The number of urea groups is 1. The number of amides is 3.